The second-order valence-electron chi connectivity index (χ2n) is 14.3. The molecule has 49 heavy (non-hydrogen) atoms. The van der Waals surface area contributed by atoms with Crippen LogP contribution in [0.3, 0.4) is 0 Å². The number of allylic oxidation sites excluding steroid dienone is 8. The maximum absolute atomic E-state index is 12.8. The standard InChI is InChI=1S/C40H75N2O6P/c1-6-8-10-12-14-16-17-18-19-20-21-22-23-24-25-26-28-30-32-34-40(44)41-38(37-48-49(45,46)47-36-35-42(3,4)5)39(43)33-31-29-27-15-13-11-9-7-2/h8,10,14,16,18-19,21-22,38-39,43H,6-7,9,11-13,15,17,20,23-37H2,1-5H3,(H-,41,44,45,46)/b10-8-,16-14-,19-18-,22-21-. The molecule has 1 amide bonds. The lowest BCUT2D eigenvalue weighted by Crippen LogP contribution is -2.46. The van der Waals surface area contributed by atoms with Crippen LogP contribution in [0, 0.1) is 0 Å². The maximum Gasteiger partial charge on any atom is 0.268 e. The van der Waals surface area contributed by atoms with Gasteiger partial charge in [-0.3, -0.25) is 9.36 Å². The number of likely N-dealkylation sites (N-methyl/N-ethyl adjacent to an activating group) is 1. The van der Waals surface area contributed by atoms with Crippen LogP contribution in [0.5, 0.6) is 0 Å². The summed E-state index contributed by atoms with van der Waals surface area (Å²) in [5, 5.41) is 13.8. The molecule has 0 aliphatic heterocycles. The van der Waals surface area contributed by atoms with E-state index < -0.39 is 20.0 Å². The third-order valence-electron chi connectivity index (χ3n) is 8.33. The predicted molar refractivity (Wildman–Crippen MR) is 205 cm³/mol. The quantitative estimate of drug-likeness (QED) is 0.0298. The molecule has 3 atom stereocenters. The van der Waals surface area contributed by atoms with E-state index in [1.54, 1.807) is 0 Å². The summed E-state index contributed by atoms with van der Waals surface area (Å²) in [4.78, 5) is 25.1. The van der Waals surface area contributed by atoms with Gasteiger partial charge in [0.15, 0.2) is 0 Å². The minimum Gasteiger partial charge on any atom is -0.756 e. The molecule has 0 aromatic carbocycles. The van der Waals surface area contributed by atoms with Crippen molar-refractivity contribution >= 4 is 13.7 Å². The lowest BCUT2D eigenvalue weighted by atomic mass is 10.0. The number of phosphoric ester groups is 1. The minimum atomic E-state index is -4.56. The Morgan fingerprint density at radius 1 is 0.735 bits per heavy atom. The first-order valence-electron chi connectivity index (χ1n) is 19.5. The average molecular weight is 711 g/mol. The van der Waals surface area contributed by atoms with E-state index in [-0.39, 0.29) is 19.1 Å². The Labute approximate surface area is 301 Å². The molecule has 286 valence electrons. The van der Waals surface area contributed by atoms with Crippen molar-refractivity contribution in [3.05, 3.63) is 48.6 Å². The Morgan fingerprint density at radius 2 is 1.24 bits per heavy atom. The number of aliphatic hydroxyl groups excluding tert-OH is 1. The number of unbranched alkanes of at least 4 members (excludes halogenated alkanes) is 13. The molecule has 0 rings (SSSR count). The van der Waals surface area contributed by atoms with Crippen LogP contribution < -0.4 is 10.2 Å². The Kier molecular flexibility index (Phi) is 31.4. The fourth-order valence-electron chi connectivity index (χ4n) is 5.20. The molecular formula is C40H75N2O6P. The molecule has 3 unspecified atom stereocenters. The summed E-state index contributed by atoms with van der Waals surface area (Å²) in [6.07, 6.45) is 38.3. The van der Waals surface area contributed by atoms with Crippen molar-refractivity contribution in [2.24, 2.45) is 0 Å². The summed E-state index contributed by atoms with van der Waals surface area (Å²) in [5.74, 6) is -0.186. The van der Waals surface area contributed by atoms with E-state index in [9.17, 15) is 19.4 Å². The van der Waals surface area contributed by atoms with Crippen LogP contribution in [0.2, 0.25) is 0 Å². The van der Waals surface area contributed by atoms with Crippen molar-refractivity contribution in [1.29, 1.82) is 0 Å². The van der Waals surface area contributed by atoms with Crippen LogP contribution in [0.1, 0.15) is 149 Å². The van der Waals surface area contributed by atoms with Gasteiger partial charge in [-0.1, -0.05) is 140 Å². The van der Waals surface area contributed by atoms with Crippen molar-refractivity contribution in [2.45, 2.75) is 161 Å². The van der Waals surface area contributed by atoms with Gasteiger partial charge < -0.3 is 28.8 Å². The summed E-state index contributed by atoms with van der Waals surface area (Å²) in [6, 6.07) is -0.806. The second-order valence-corrected chi connectivity index (χ2v) is 15.7. The highest BCUT2D eigenvalue weighted by Gasteiger charge is 2.24. The second kappa shape index (κ2) is 32.4. The number of aliphatic hydroxyl groups is 1. The topological polar surface area (TPSA) is 108 Å². The van der Waals surface area contributed by atoms with Crippen LogP contribution in [-0.2, 0) is 18.4 Å². The number of hydrogen-bond donors (Lipinski definition) is 2. The molecule has 8 nitrogen and oxygen atoms in total. The predicted octanol–water partition coefficient (Wildman–Crippen LogP) is 9.50. The number of rotatable bonds is 34. The number of nitrogens with zero attached hydrogens (tertiary/aromatic N) is 1. The fourth-order valence-corrected chi connectivity index (χ4v) is 5.93. The van der Waals surface area contributed by atoms with Crippen molar-refractivity contribution in [1.82, 2.24) is 5.32 Å². The number of carbonyl (C=O) groups excluding carboxylic acids is 1. The molecule has 0 heterocycles. The van der Waals surface area contributed by atoms with Crippen LogP contribution >= 0.6 is 7.82 Å². The number of nitrogens with one attached hydrogen (secondary N) is 1. The summed E-state index contributed by atoms with van der Waals surface area (Å²) < 4.78 is 23.1. The third kappa shape index (κ3) is 34.7. The number of carbonyl (C=O) groups is 1. The van der Waals surface area contributed by atoms with Crippen LogP contribution in [0.15, 0.2) is 48.6 Å². The van der Waals surface area contributed by atoms with Gasteiger partial charge in [-0.25, -0.2) is 0 Å². The zero-order chi connectivity index (χ0) is 36.5. The van der Waals surface area contributed by atoms with Gasteiger partial charge in [0.05, 0.1) is 39.9 Å². The van der Waals surface area contributed by atoms with Crippen LogP contribution in [0.25, 0.3) is 0 Å². The highest BCUT2D eigenvalue weighted by Crippen LogP contribution is 2.38. The smallest absolute Gasteiger partial charge is 0.268 e. The van der Waals surface area contributed by atoms with Crippen molar-refractivity contribution < 1.29 is 32.9 Å². The van der Waals surface area contributed by atoms with Crippen molar-refractivity contribution in [2.75, 3.05) is 40.9 Å². The highest BCUT2D eigenvalue weighted by molar-refractivity contribution is 7.45. The van der Waals surface area contributed by atoms with Gasteiger partial charge >= 0.3 is 0 Å². The van der Waals surface area contributed by atoms with Gasteiger partial charge in [-0.15, -0.1) is 0 Å². The molecule has 0 spiro atoms. The summed E-state index contributed by atoms with van der Waals surface area (Å²) in [6.45, 7) is 4.53. The molecule has 2 N–H and O–H groups in total. The molecule has 0 bridgehead atoms. The SMILES string of the molecule is CC/C=C\C/C=C\C/C=C\C/C=C\CCCCCCCCC(=O)NC(COP(=O)([O-])OCC[N+](C)(C)C)C(O)CCCCCCCCCC. The van der Waals surface area contributed by atoms with Gasteiger partial charge in [0.1, 0.15) is 13.2 Å². The van der Waals surface area contributed by atoms with E-state index in [1.807, 2.05) is 21.1 Å². The third-order valence-corrected chi connectivity index (χ3v) is 9.30. The maximum atomic E-state index is 12.8. The number of quaternary nitrogens is 1. The summed E-state index contributed by atoms with van der Waals surface area (Å²) in [7, 11) is 1.28. The van der Waals surface area contributed by atoms with Gasteiger partial charge in [0, 0.05) is 6.42 Å². The molecule has 0 aromatic rings. The highest BCUT2D eigenvalue weighted by atomic mass is 31.2. The lowest BCUT2D eigenvalue weighted by molar-refractivity contribution is -0.870. The zero-order valence-corrected chi connectivity index (χ0v) is 33.0. The van der Waals surface area contributed by atoms with Crippen LogP contribution in [-0.4, -0.2) is 68.5 Å². The van der Waals surface area contributed by atoms with E-state index in [0.717, 1.165) is 77.0 Å². The number of phosphoric acid groups is 1. The van der Waals surface area contributed by atoms with Crippen molar-refractivity contribution in [3.8, 4) is 0 Å². The molecular weight excluding hydrogens is 635 g/mol. The Bertz CT molecular complexity index is 944. The van der Waals surface area contributed by atoms with E-state index >= 15 is 0 Å². The molecule has 0 saturated carbocycles. The monoisotopic (exact) mass is 711 g/mol. The van der Waals surface area contributed by atoms with Gasteiger partial charge in [-0.05, 0) is 51.4 Å². The summed E-state index contributed by atoms with van der Waals surface area (Å²) in [5.41, 5.74) is 0. The van der Waals surface area contributed by atoms with Crippen molar-refractivity contribution in [3.63, 3.8) is 0 Å². The van der Waals surface area contributed by atoms with E-state index in [2.05, 4.69) is 67.8 Å². The number of amides is 1. The Hall–Kier alpha value is -1.54. The first kappa shape index (κ1) is 47.5. The zero-order valence-electron chi connectivity index (χ0n) is 32.1. The number of hydrogen-bond acceptors (Lipinski definition) is 6. The molecule has 0 fully saturated rings. The average Bonchev–Trinajstić information content (AvgIpc) is 3.04. The first-order chi connectivity index (χ1) is 23.5. The molecule has 9 heteroatoms. The van der Waals surface area contributed by atoms with E-state index in [1.165, 1.54) is 44.9 Å². The molecule has 0 radical (unpaired) electrons. The minimum absolute atomic E-state index is 0.00649. The van der Waals surface area contributed by atoms with E-state index in [4.69, 9.17) is 9.05 Å². The summed E-state index contributed by atoms with van der Waals surface area (Å²) >= 11 is 0. The van der Waals surface area contributed by atoms with Crippen LogP contribution in [0.4, 0.5) is 0 Å². The van der Waals surface area contributed by atoms with Gasteiger partial charge in [-0.2, -0.15) is 0 Å². The fraction of sp³-hybridized carbons (Fsp3) is 0.775. The lowest BCUT2D eigenvalue weighted by Gasteiger charge is -2.30. The Morgan fingerprint density at radius 3 is 1.82 bits per heavy atom. The van der Waals surface area contributed by atoms with Gasteiger partial charge in [0.2, 0.25) is 5.91 Å². The van der Waals surface area contributed by atoms with Gasteiger partial charge in [0.25, 0.3) is 7.82 Å². The normalized spacial score (nSPS) is 15.2. The first-order valence-corrected chi connectivity index (χ1v) is 20.9. The largest absolute Gasteiger partial charge is 0.756 e. The molecule has 0 aliphatic rings. The molecule has 0 aliphatic carbocycles. The molecule has 0 aromatic heterocycles. The van der Waals surface area contributed by atoms with E-state index in [0.29, 0.717) is 23.9 Å². The Balaban J connectivity index is 4.37. The molecule has 0 saturated heterocycles.